The summed E-state index contributed by atoms with van der Waals surface area (Å²) in [7, 11) is 0. The Bertz CT molecular complexity index is 1700. The van der Waals surface area contributed by atoms with Crippen molar-refractivity contribution in [1.29, 1.82) is 0 Å². The van der Waals surface area contributed by atoms with E-state index in [-0.39, 0.29) is 51.6 Å². The number of likely N-dealkylation sites (tertiary alicyclic amines) is 2. The van der Waals surface area contributed by atoms with Gasteiger partial charge in [0.1, 0.15) is 48.3 Å². The van der Waals surface area contributed by atoms with Crippen LogP contribution in [0.1, 0.15) is 91.9 Å². The van der Waals surface area contributed by atoms with E-state index in [9.17, 15) is 63.0 Å². The van der Waals surface area contributed by atoms with Crippen LogP contribution in [-0.4, -0.2) is 153 Å². The van der Waals surface area contributed by atoms with Crippen molar-refractivity contribution in [2.24, 2.45) is 34.8 Å². The predicted molar refractivity (Wildman–Crippen MR) is 217 cm³/mol. The summed E-state index contributed by atoms with van der Waals surface area (Å²) in [5.41, 5.74) is 21.3. The normalized spacial score (nSPS) is 19.5. The summed E-state index contributed by atoms with van der Waals surface area (Å²) < 4.78 is 0. The first kappa shape index (κ1) is 52.2. The number of carboxylic acid groups (broad SMARTS) is 1. The zero-order valence-corrected chi connectivity index (χ0v) is 35.6. The summed E-state index contributed by atoms with van der Waals surface area (Å²) in [6.45, 7) is 6.07. The van der Waals surface area contributed by atoms with Crippen molar-refractivity contribution in [2.45, 2.75) is 140 Å². The SMILES string of the molecule is CC[C@H](C)[C@H](NC(=O)[C@@H]1CCCN1C(=O)[C@@H]1CCCN1C(=O)[C@H](CC(N)=O)NC(=O)[C@H](CCC(N)=O)NC(=O)[C@@H](N)CO)C(=O)N[C@H](C(=O)N[C@@H](CCC(N)=O)C(=O)O)C(C)C. The summed E-state index contributed by atoms with van der Waals surface area (Å²) in [5.74, 6) is -10.7. The van der Waals surface area contributed by atoms with Crippen LogP contribution in [-0.2, 0) is 52.7 Å². The molecule has 0 bridgehead atoms. The minimum atomic E-state index is -1.62. The maximum absolute atomic E-state index is 14.2. The highest BCUT2D eigenvalue weighted by Gasteiger charge is 2.45. The molecule has 2 heterocycles. The van der Waals surface area contributed by atoms with Crippen LogP contribution in [0.3, 0.4) is 0 Å². The van der Waals surface area contributed by atoms with Crippen molar-refractivity contribution >= 4 is 65.0 Å². The number of nitrogens with two attached hydrogens (primary N) is 4. The molecule has 24 nitrogen and oxygen atoms in total. The third-order valence-corrected chi connectivity index (χ3v) is 10.9. The maximum atomic E-state index is 14.2. The number of hydrogen-bond donors (Lipinski definition) is 11. The molecule has 0 saturated carbocycles. The first-order valence-electron chi connectivity index (χ1n) is 20.6. The maximum Gasteiger partial charge on any atom is 0.326 e. The summed E-state index contributed by atoms with van der Waals surface area (Å²) in [4.78, 5) is 144. The van der Waals surface area contributed by atoms with Crippen molar-refractivity contribution < 1.29 is 63.0 Å². The van der Waals surface area contributed by atoms with Gasteiger partial charge in [0.2, 0.25) is 59.1 Å². The average molecular weight is 882 g/mol. The summed E-state index contributed by atoms with van der Waals surface area (Å²) in [6, 6.07) is -10.7. The van der Waals surface area contributed by atoms with Gasteiger partial charge in [0.05, 0.1) is 13.0 Å². The molecule has 348 valence electrons. The Morgan fingerprint density at radius 2 is 1.16 bits per heavy atom. The summed E-state index contributed by atoms with van der Waals surface area (Å²) in [5, 5.41) is 31.1. The fourth-order valence-electron chi connectivity index (χ4n) is 7.11. The second-order valence-electron chi connectivity index (χ2n) is 16.0. The predicted octanol–water partition coefficient (Wildman–Crippen LogP) is -5.09. The van der Waals surface area contributed by atoms with Gasteiger partial charge in [-0.2, -0.15) is 0 Å². The monoisotopic (exact) mass is 881 g/mol. The van der Waals surface area contributed by atoms with Gasteiger partial charge in [-0.3, -0.25) is 47.9 Å². The molecule has 9 atom stereocenters. The molecule has 0 spiro atoms. The van der Waals surface area contributed by atoms with Crippen LogP contribution in [0.15, 0.2) is 0 Å². The number of amides is 10. The quantitative estimate of drug-likeness (QED) is 0.0409. The standard InChI is InChI=1S/C38H63N11O13/c1-5-19(4)30(35(58)46-29(18(2)3)34(57)44-22(38(61)62)11-13-27(41)52)47-33(56)24-8-6-14-48(24)37(60)25-9-7-15-49(25)36(59)23(16-28(42)53)45-32(55)21(10-12-26(40)51)43-31(54)20(39)17-50/h18-25,29-30,50H,5-17,39H2,1-4H3,(H2,40,51)(H2,41,52)(H2,42,53)(H,43,54)(H,44,57)(H,45,55)(H,46,58)(H,47,56)(H,61,62)/t19-,20-,21-,22-,23-,24-,25-,29-,30-/m0/s1. The van der Waals surface area contributed by atoms with Gasteiger partial charge in [0.25, 0.3) is 0 Å². The van der Waals surface area contributed by atoms with E-state index in [1.54, 1.807) is 27.7 Å². The number of nitrogens with one attached hydrogen (secondary N) is 5. The summed E-state index contributed by atoms with van der Waals surface area (Å²) in [6.07, 6.45) is -0.526. The Morgan fingerprint density at radius 1 is 0.645 bits per heavy atom. The number of nitrogens with zero attached hydrogens (tertiary/aromatic N) is 2. The second-order valence-corrected chi connectivity index (χ2v) is 16.0. The van der Waals surface area contributed by atoms with Gasteiger partial charge in [-0.25, -0.2) is 4.79 Å². The molecule has 62 heavy (non-hydrogen) atoms. The van der Waals surface area contributed by atoms with Crippen LogP contribution < -0.4 is 49.5 Å². The first-order valence-corrected chi connectivity index (χ1v) is 20.6. The minimum absolute atomic E-state index is 0.0253. The van der Waals surface area contributed by atoms with E-state index in [0.29, 0.717) is 19.3 Å². The van der Waals surface area contributed by atoms with Crippen LogP contribution in [0.4, 0.5) is 0 Å². The lowest BCUT2D eigenvalue weighted by atomic mass is 9.95. The number of aliphatic hydroxyl groups is 1. The van der Waals surface area contributed by atoms with Crippen molar-refractivity contribution in [2.75, 3.05) is 19.7 Å². The largest absolute Gasteiger partial charge is 0.480 e. The number of rotatable bonds is 25. The summed E-state index contributed by atoms with van der Waals surface area (Å²) >= 11 is 0. The van der Waals surface area contributed by atoms with Crippen LogP contribution in [0, 0.1) is 11.8 Å². The topological polar surface area (TPSA) is 399 Å². The van der Waals surface area contributed by atoms with Crippen molar-refractivity contribution in [3.8, 4) is 0 Å². The van der Waals surface area contributed by atoms with E-state index in [4.69, 9.17) is 22.9 Å². The van der Waals surface area contributed by atoms with Gasteiger partial charge in [0, 0.05) is 25.9 Å². The molecule has 0 radical (unpaired) electrons. The van der Waals surface area contributed by atoms with Crippen molar-refractivity contribution in [3.05, 3.63) is 0 Å². The van der Waals surface area contributed by atoms with E-state index >= 15 is 0 Å². The molecule has 0 aromatic rings. The minimum Gasteiger partial charge on any atom is -0.480 e. The smallest absolute Gasteiger partial charge is 0.326 e. The lowest BCUT2D eigenvalue weighted by molar-refractivity contribution is -0.148. The number of primary amides is 3. The Labute approximate surface area is 358 Å². The van der Waals surface area contributed by atoms with E-state index < -0.39 is 138 Å². The fourth-order valence-corrected chi connectivity index (χ4v) is 7.11. The number of carbonyl (C=O) groups is 11. The number of hydrogen-bond acceptors (Lipinski definition) is 13. The van der Waals surface area contributed by atoms with Gasteiger partial charge < -0.3 is 69.5 Å². The van der Waals surface area contributed by atoms with E-state index in [2.05, 4.69) is 26.6 Å². The van der Waals surface area contributed by atoms with Crippen LogP contribution >= 0.6 is 0 Å². The highest BCUT2D eigenvalue weighted by Crippen LogP contribution is 2.26. The molecule has 2 saturated heterocycles. The average Bonchev–Trinajstić information content (AvgIpc) is 3.91. The third-order valence-electron chi connectivity index (χ3n) is 10.9. The molecular formula is C38H63N11O13. The number of carbonyl (C=O) groups excluding carboxylic acids is 10. The molecule has 10 amide bonds. The lowest BCUT2D eigenvalue weighted by Gasteiger charge is -2.34. The molecule has 2 fully saturated rings. The molecule has 0 aromatic heterocycles. The number of aliphatic carboxylic acids is 1. The van der Waals surface area contributed by atoms with Gasteiger partial charge in [-0.1, -0.05) is 34.1 Å². The van der Waals surface area contributed by atoms with Crippen LogP contribution in [0.25, 0.3) is 0 Å². The van der Waals surface area contributed by atoms with Crippen LogP contribution in [0.5, 0.6) is 0 Å². The molecule has 0 aromatic carbocycles. The van der Waals surface area contributed by atoms with E-state index in [0.717, 1.165) is 4.90 Å². The molecular weight excluding hydrogens is 818 g/mol. The Morgan fingerprint density at radius 3 is 1.68 bits per heavy atom. The molecule has 0 aliphatic carbocycles. The van der Waals surface area contributed by atoms with Gasteiger partial charge >= 0.3 is 5.97 Å². The Balaban J connectivity index is 2.29. The highest BCUT2D eigenvalue weighted by atomic mass is 16.4. The van der Waals surface area contributed by atoms with Crippen molar-refractivity contribution in [1.82, 2.24) is 36.4 Å². The van der Waals surface area contributed by atoms with Crippen LogP contribution in [0.2, 0.25) is 0 Å². The lowest BCUT2D eigenvalue weighted by Crippen LogP contribution is -2.61. The van der Waals surface area contributed by atoms with E-state index in [1.807, 2.05) is 0 Å². The molecule has 15 N–H and O–H groups in total. The number of aliphatic hydroxyl groups excluding tert-OH is 1. The molecule has 24 heteroatoms. The molecule has 0 unspecified atom stereocenters. The Hall–Kier alpha value is -5.91. The first-order chi connectivity index (χ1) is 29.0. The third kappa shape index (κ3) is 15.2. The molecule has 2 rings (SSSR count). The molecule has 2 aliphatic rings. The zero-order chi connectivity index (χ0) is 47.0. The number of carboxylic acids is 1. The second kappa shape index (κ2) is 24.5. The fraction of sp³-hybridized carbons (Fsp3) is 0.711. The van der Waals surface area contributed by atoms with Gasteiger partial charge in [0.15, 0.2) is 0 Å². The molecule has 2 aliphatic heterocycles. The highest BCUT2D eigenvalue weighted by molar-refractivity contribution is 5.99. The van der Waals surface area contributed by atoms with Gasteiger partial charge in [-0.15, -0.1) is 0 Å². The zero-order valence-electron chi connectivity index (χ0n) is 35.6. The van der Waals surface area contributed by atoms with Gasteiger partial charge in [-0.05, 0) is 50.4 Å². The van der Waals surface area contributed by atoms with E-state index in [1.165, 1.54) is 4.90 Å². The van der Waals surface area contributed by atoms with Crippen molar-refractivity contribution in [3.63, 3.8) is 0 Å². The Kier molecular flexibility index (Phi) is 20.6.